The first-order valence-electron chi connectivity index (χ1n) is 6.59. The van der Waals surface area contributed by atoms with Crippen LogP contribution in [0.5, 0.6) is 0 Å². The second-order valence-electron chi connectivity index (χ2n) is 5.02. The van der Waals surface area contributed by atoms with Crippen LogP contribution in [-0.2, 0) is 4.79 Å². The second kappa shape index (κ2) is 4.19. The van der Waals surface area contributed by atoms with Crippen LogP contribution in [-0.4, -0.2) is 25.5 Å². The molecule has 0 aliphatic heterocycles. The van der Waals surface area contributed by atoms with E-state index in [1.807, 2.05) is 35.0 Å². The van der Waals surface area contributed by atoms with Crippen molar-refractivity contribution < 1.29 is 4.79 Å². The number of hydrogen-bond acceptors (Lipinski definition) is 3. The highest BCUT2D eigenvalue weighted by Crippen LogP contribution is 2.30. The van der Waals surface area contributed by atoms with Crippen LogP contribution < -0.4 is 5.32 Å². The molecule has 6 nitrogen and oxygen atoms in total. The Labute approximate surface area is 114 Å². The van der Waals surface area contributed by atoms with E-state index in [4.69, 9.17) is 0 Å². The van der Waals surface area contributed by atoms with Gasteiger partial charge in [0.05, 0.1) is 18.1 Å². The maximum Gasteiger partial charge on any atom is 0.228 e. The number of aromatic nitrogens is 4. The van der Waals surface area contributed by atoms with Gasteiger partial charge in [0.2, 0.25) is 5.91 Å². The number of imidazole rings is 1. The van der Waals surface area contributed by atoms with E-state index < -0.39 is 0 Å². The molecule has 0 saturated heterocycles. The fraction of sp³-hybridized carbons (Fsp3) is 0.214. The highest BCUT2D eigenvalue weighted by Gasteiger charge is 2.30. The molecular formula is C14H13N5O. The van der Waals surface area contributed by atoms with E-state index >= 15 is 0 Å². The Morgan fingerprint density at radius 2 is 2.30 bits per heavy atom. The molecule has 4 rings (SSSR count). The van der Waals surface area contributed by atoms with Crippen molar-refractivity contribution in [3.05, 3.63) is 36.8 Å². The number of pyridine rings is 1. The van der Waals surface area contributed by atoms with Crippen molar-refractivity contribution >= 4 is 17.4 Å². The number of rotatable bonds is 3. The molecule has 0 spiro atoms. The Hall–Kier alpha value is -2.63. The van der Waals surface area contributed by atoms with E-state index in [1.54, 1.807) is 6.20 Å². The normalized spacial score (nSPS) is 14.6. The summed E-state index contributed by atoms with van der Waals surface area (Å²) in [5.74, 6) is 0.837. The highest BCUT2D eigenvalue weighted by molar-refractivity contribution is 5.93. The summed E-state index contributed by atoms with van der Waals surface area (Å²) in [7, 11) is 0. The van der Waals surface area contributed by atoms with E-state index in [2.05, 4.69) is 20.5 Å². The first kappa shape index (κ1) is 11.2. The lowest BCUT2D eigenvalue weighted by atomic mass is 10.2. The third kappa shape index (κ3) is 1.85. The zero-order valence-electron chi connectivity index (χ0n) is 10.7. The Balaban J connectivity index is 1.75. The fourth-order valence-corrected chi connectivity index (χ4v) is 2.27. The van der Waals surface area contributed by atoms with Crippen molar-refractivity contribution in [2.75, 3.05) is 5.32 Å². The molecule has 20 heavy (non-hydrogen) atoms. The quantitative estimate of drug-likeness (QED) is 0.762. The van der Waals surface area contributed by atoms with Crippen LogP contribution in [0.15, 0.2) is 36.8 Å². The molecule has 2 N–H and O–H groups in total. The van der Waals surface area contributed by atoms with Crippen LogP contribution in [0.1, 0.15) is 12.8 Å². The van der Waals surface area contributed by atoms with Crippen molar-refractivity contribution in [1.82, 2.24) is 19.6 Å². The van der Waals surface area contributed by atoms with E-state index in [0.717, 1.165) is 29.7 Å². The van der Waals surface area contributed by atoms with E-state index in [0.29, 0.717) is 5.82 Å². The van der Waals surface area contributed by atoms with Gasteiger partial charge in [0.15, 0.2) is 5.82 Å². The zero-order valence-corrected chi connectivity index (χ0v) is 10.7. The standard InChI is InChI=1S/C14H13N5O/c20-14(9-4-5-9)18-12-8-19-11(10-6-15-16-7-10)2-1-3-13(19)17-12/h1-3,6-9H,4-5H2,(H,15,16)(H,18,20). The summed E-state index contributed by atoms with van der Waals surface area (Å²) in [4.78, 5) is 16.2. The van der Waals surface area contributed by atoms with Crippen LogP contribution in [0.25, 0.3) is 16.9 Å². The van der Waals surface area contributed by atoms with Gasteiger partial charge in [-0.2, -0.15) is 5.10 Å². The van der Waals surface area contributed by atoms with Gasteiger partial charge >= 0.3 is 0 Å². The molecule has 1 saturated carbocycles. The van der Waals surface area contributed by atoms with Gasteiger partial charge in [-0.05, 0) is 25.0 Å². The summed E-state index contributed by atoms with van der Waals surface area (Å²) >= 11 is 0. The maximum atomic E-state index is 11.8. The molecule has 3 aromatic heterocycles. The van der Waals surface area contributed by atoms with Crippen molar-refractivity contribution in [2.45, 2.75) is 12.8 Å². The van der Waals surface area contributed by atoms with E-state index in [-0.39, 0.29) is 11.8 Å². The number of carbonyl (C=O) groups excluding carboxylic acids is 1. The molecule has 1 fully saturated rings. The average molecular weight is 267 g/mol. The average Bonchev–Trinajstić information content (AvgIpc) is 3.00. The zero-order chi connectivity index (χ0) is 13.5. The number of aromatic amines is 1. The molecule has 6 heteroatoms. The number of H-pyrrole nitrogens is 1. The molecule has 3 aromatic rings. The summed E-state index contributed by atoms with van der Waals surface area (Å²) in [6, 6.07) is 5.85. The summed E-state index contributed by atoms with van der Waals surface area (Å²) in [6.07, 6.45) is 7.41. The molecule has 1 aliphatic rings. The van der Waals surface area contributed by atoms with Crippen LogP contribution >= 0.6 is 0 Å². The van der Waals surface area contributed by atoms with Crippen LogP contribution in [0.2, 0.25) is 0 Å². The number of anilines is 1. The predicted octanol–water partition coefficient (Wildman–Crippen LogP) is 2.07. The SMILES string of the molecule is O=C(Nc1cn2c(-c3cn[nH]c3)cccc2n1)C1CC1. The minimum atomic E-state index is 0.0678. The monoisotopic (exact) mass is 267 g/mol. The van der Waals surface area contributed by atoms with Crippen molar-refractivity contribution in [3.8, 4) is 11.3 Å². The molecule has 100 valence electrons. The topological polar surface area (TPSA) is 75.1 Å². The second-order valence-corrected chi connectivity index (χ2v) is 5.02. The van der Waals surface area contributed by atoms with E-state index in [1.165, 1.54) is 0 Å². The van der Waals surface area contributed by atoms with Gasteiger partial charge in [0.25, 0.3) is 0 Å². The van der Waals surface area contributed by atoms with Crippen LogP contribution in [0.4, 0.5) is 5.82 Å². The van der Waals surface area contributed by atoms with Gasteiger partial charge in [-0.3, -0.25) is 14.3 Å². The molecular weight excluding hydrogens is 254 g/mol. The van der Waals surface area contributed by atoms with Gasteiger partial charge in [-0.1, -0.05) is 6.07 Å². The summed E-state index contributed by atoms with van der Waals surface area (Å²) in [5, 5.41) is 9.64. The van der Waals surface area contributed by atoms with Crippen molar-refractivity contribution in [3.63, 3.8) is 0 Å². The predicted molar refractivity (Wildman–Crippen MR) is 74.1 cm³/mol. The van der Waals surface area contributed by atoms with Crippen LogP contribution in [0.3, 0.4) is 0 Å². The Kier molecular flexibility index (Phi) is 2.35. The minimum Gasteiger partial charge on any atom is -0.309 e. The lowest BCUT2D eigenvalue weighted by Crippen LogP contribution is -2.13. The van der Waals surface area contributed by atoms with Gasteiger partial charge in [0.1, 0.15) is 5.65 Å². The number of nitrogens with one attached hydrogen (secondary N) is 2. The molecule has 1 aliphatic carbocycles. The van der Waals surface area contributed by atoms with Crippen molar-refractivity contribution in [2.24, 2.45) is 5.92 Å². The van der Waals surface area contributed by atoms with Gasteiger partial charge in [-0.15, -0.1) is 0 Å². The lowest BCUT2D eigenvalue weighted by molar-refractivity contribution is -0.117. The molecule has 3 heterocycles. The van der Waals surface area contributed by atoms with E-state index in [9.17, 15) is 4.79 Å². The number of nitrogens with zero attached hydrogens (tertiary/aromatic N) is 3. The summed E-state index contributed by atoms with van der Waals surface area (Å²) in [6.45, 7) is 0. The number of carbonyl (C=O) groups is 1. The number of hydrogen-bond donors (Lipinski definition) is 2. The molecule has 0 unspecified atom stereocenters. The number of fused-ring (bicyclic) bond motifs is 1. The minimum absolute atomic E-state index is 0.0678. The van der Waals surface area contributed by atoms with Gasteiger partial charge in [0, 0.05) is 17.7 Å². The van der Waals surface area contributed by atoms with Gasteiger partial charge < -0.3 is 5.32 Å². The van der Waals surface area contributed by atoms with Gasteiger partial charge in [-0.25, -0.2) is 4.98 Å². The molecule has 0 atom stereocenters. The molecule has 0 aromatic carbocycles. The smallest absolute Gasteiger partial charge is 0.228 e. The summed E-state index contributed by atoms with van der Waals surface area (Å²) in [5.41, 5.74) is 2.76. The third-order valence-electron chi connectivity index (χ3n) is 3.49. The maximum absolute atomic E-state index is 11.8. The molecule has 0 radical (unpaired) electrons. The first-order chi connectivity index (χ1) is 9.81. The number of amides is 1. The van der Waals surface area contributed by atoms with Crippen molar-refractivity contribution in [1.29, 1.82) is 0 Å². The fourth-order valence-electron chi connectivity index (χ4n) is 2.27. The molecule has 0 bridgehead atoms. The Morgan fingerprint density at radius 3 is 3.05 bits per heavy atom. The lowest BCUT2D eigenvalue weighted by Gasteiger charge is -2.01. The van der Waals surface area contributed by atoms with Crippen LogP contribution in [0, 0.1) is 5.92 Å². The Morgan fingerprint density at radius 1 is 1.40 bits per heavy atom. The largest absolute Gasteiger partial charge is 0.309 e. The molecule has 1 amide bonds. The third-order valence-corrected chi connectivity index (χ3v) is 3.49. The first-order valence-corrected chi connectivity index (χ1v) is 6.59. The summed E-state index contributed by atoms with van der Waals surface area (Å²) < 4.78 is 1.95. The highest BCUT2D eigenvalue weighted by atomic mass is 16.2. The Bertz CT molecular complexity index is 770.